The highest BCUT2D eigenvalue weighted by Crippen LogP contribution is 2.60. The molecule has 0 aromatic carbocycles. The lowest BCUT2D eigenvalue weighted by Gasteiger charge is -2.54. The maximum absolute atomic E-state index is 6.09. The molecule has 0 radical (unpaired) electrons. The van der Waals surface area contributed by atoms with Gasteiger partial charge in [-0.1, -0.05) is 27.7 Å². The summed E-state index contributed by atoms with van der Waals surface area (Å²) in [4.78, 5) is 6.09. The lowest BCUT2D eigenvalue weighted by atomic mass is 9.51. The summed E-state index contributed by atoms with van der Waals surface area (Å²) in [5, 5.41) is 0. The maximum atomic E-state index is 6.09. The largest absolute Gasteiger partial charge is 0.295 e. The van der Waals surface area contributed by atoms with Crippen LogP contribution in [0.4, 0.5) is 0 Å². The Kier molecular flexibility index (Phi) is 2.09. The molecule has 3 rings (SSSR count). The summed E-state index contributed by atoms with van der Waals surface area (Å²) in [5.41, 5.74) is 4.34. The molecule has 1 aliphatic heterocycles. The molecule has 2 bridgehead atoms. The smallest absolute Gasteiger partial charge is 0.0946 e. The average Bonchev–Trinajstić information content (AvgIpc) is 2.53. The highest BCUT2D eigenvalue weighted by atomic mass is 16.7. The second-order valence-electron chi connectivity index (χ2n) is 7.63. The molecular formula is C14H25NO. The van der Waals surface area contributed by atoms with E-state index in [1.165, 1.54) is 32.1 Å². The topological polar surface area (TPSA) is 21.3 Å². The van der Waals surface area contributed by atoms with E-state index in [0.29, 0.717) is 16.9 Å². The minimum atomic E-state index is 0.169. The monoisotopic (exact) mass is 223 g/mol. The molecule has 0 amide bonds. The van der Waals surface area contributed by atoms with E-state index in [1.54, 1.807) is 0 Å². The van der Waals surface area contributed by atoms with Crippen molar-refractivity contribution in [3.63, 3.8) is 0 Å². The van der Waals surface area contributed by atoms with Crippen molar-refractivity contribution in [2.45, 2.75) is 71.4 Å². The zero-order valence-corrected chi connectivity index (χ0v) is 11.1. The fraction of sp³-hybridized carbons (Fsp3) is 1.00. The van der Waals surface area contributed by atoms with Crippen molar-refractivity contribution in [1.29, 1.82) is 0 Å². The SMILES string of the molecule is CC1(C)C[C@H]2C(C)(C)CCC[C@]23C[C@@H]1NO3. The average molecular weight is 223 g/mol. The van der Waals surface area contributed by atoms with Gasteiger partial charge in [-0.2, -0.15) is 5.48 Å². The fourth-order valence-corrected chi connectivity index (χ4v) is 4.45. The highest BCUT2D eigenvalue weighted by molar-refractivity contribution is 5.11. The zero-order valence-electron chi connectivity index (χ0n) is 11.1. The van der Waals surface area contributed by atoms with Crippen molar-refractivity contribution in [3.8, 4) is 0 Å². The van der Waals surface area contributed by atoms with E-state index >= 15 is 0 Å². The second-order valence-corrected chi connectivity index (χ2v) is 7.63. The minimum Gasteiger partial charge on any atom is -0.295 e. The third-order valence-electron chi connectivity index (χ3n) is 5.63. The first-order valence-corrected chi connectivity index (χ1v) is 6.79. The molecular weight excluding hydrogens is 198 g/mol. The van der Waals surface area contributed by atoms with E-state index in [0.717, 1.165) is 5.92 Å². The number of rotatable bonds is 0. The molecule has 1 heterocycles. The van der Waals surface area contributed by atoms with Gasteiger partial charge in [0, 0.05) is 6.04 Å². The van der Waals surface area contributed by atoms with E-state index in [4.69, 9.17) is 4.84 Å². The Balaban J connectivity index is 1.99. The maximum Gasteiger partial charge on any atom is 0.0946 e. The first-order chi connectivity index (χ1) is 7.36. The van der Waals surface area contributed by atoms with E-state index in [1.807, 2.05) is 0 Å². The lowest BCUT2D eigenvalue weighted by molar-refractivity contribution is -0.149. The summed E-state index contributed by atoms with van der Waals surface area (Å²) in [6, 6.07) is 0.567. The van der Waals surface area contributed by atoms with Crippen molar-refractivity contribution < 1.29 is 4.84 Å². The third kappa shape index (κ3) is 1.32. The summed E-state index contributed by atoms with van der Waals surface area (Å²) in [6.07, 6.45) is 6.51. The van der Waals surface area contributed by atoms with Crippen LogP contribution in [0.15, 0.2) is 0 Å². The van der Waals surface area contributed by atoms with Crippen LogP contribution in [0.1, 0.15) is 59.8 Å². The van der Waals surface area contributed by atoms with Crippen LogP contribution >= 0.6 is 0 Å². The summed E-state index contributed by atoms with van der Waals surface area (Å²) >= 11 is 0. The summed E-state index contributed by atoms with van der Waals surface area (Å²) in [6.45, 7) is 9.68. The van der Waals surface area contributed by atoms with Gasteiger partial charge in [-0.25, -0.2) is 0 Å². The van der Waals surface area contributed by atoms with Crippen LogP contribution in [0, 0.1) is 16.7 Å². The standard InChI is InChI=1S/C14H25NO/c1-12(2)6-5-7-14-9-11(15-16-14)13(3,4)8-10(12)14/h10-11,15H,5-9H2,1-4H3/t10-,11-,14-/m0/s1. The molecule has 2 nitrogen and oxygen atoms in total. The van der Waals surface area contributed by atoms with Crippen LogP contribution in [0.2, 0.25) is 0 Å². The van der Waals surface area contributed by atoms with Gasteiger partial charge in [0.1, 0.15) is 0 Å². The Labute approximate surface area is 99.1 Å². The van der Waals surface area contributed by atoms with E-state index in [-0.39, 0.29) is 5.60 Å². The van der Waals surface area contributed by atoms with Gasteiger partial charge in [0.15, 0.2) is 0 Å². The predicted octanol–water partition coefficient (Wildman–Crippen LogP) is 3.27. The summed E-state index contributed by atoms with van der Waals surface area (Å²) in [5.74, 6) is 0.731. The number of hydrogen-bond donors (Lipinski definition) is 1. The Bertz CT molecular complexity index is 310. The molecule has 1 saturated heterocycles. The molecule has 0 aromatic rings. The van der Waals surface area contributed by atoms with E-state index in [2.05, 4.69) is 33.2 Å². The molecule has 2 heteroatoms. The summed E-state index contributed by atoms with van der Waals surface area (Å²) in [7, 11) is 0. The van der Waals surface area contributed by atoms with Crippen LogP contribution < -0.4 is 5.48 Å². The first kappa shape index (κ1) is 11.0. The molecule has 2 saturated carbocycles. The molecule has 92 valence electrons. The highest BCUT2D eigenvalue weighted by Gasteiger charge is 2.61. The fourth-order valence-electron chi connectivity index (χ4n) is 4.45. The van der Waals surface area contributed by atoms with Crippen LogP contribution in [0.25, 0.3) is 0 Å². The summed E-state index contributed by atoms with van der Waals surface area (Å²) < 4.78 is 0. The number of nitrogens with one attached hydrogen (secondary N) is 1. The van der Waals surface area contributed by atoms with Crippen molar-refractivity contribution in [1.82, 2.24) is 5.48 Å². The molecule has 2 aliphatic carbocycles. The Hall–Kier alpha value is -0.0800. The van der Waals surface area contributed by atoms with Crippen LogP contribution in [0.3, 0.4) is 0 Å². The van der Waals surface area contributed by atoms with Crippen LogP contribution in [0.5, 0.6) is 0 Å². The normalized spacial score (nSPS) is 48.8. The van der Waals surface area contributed by atoms with Gasteiger partial charge < -0.3 is 0 Å². The Morgan fingerprint density at radius 3 is 2.50 bits per heavy atom. The van der Waals surface area contributed by atoms with E-state index in [9.17, 15) is 0 Å². The Morgan fingerprint density at radius 2 is 1.75 bits per heavy atom. The molecule has 3 aliphatic rings. The van der Waals surface area contributed by atoms with Crippen molar-refractivity contribution in [2.75, 3.05) is 0 Å². The van der Waals surface area contributed by atoms with Crippen molar-refractivity contribution in [3.05, 3.63) is 0 Å². The van der Waals surface area contributed by atoms with Gasteiger partial charge in [0.2, 0.25) is 0 Å². The van der Waals surface area contributed by atoms with Crippen LogP contribution in [-0.4, -0.2) is 11.6 Å². The second kappa shape index (κ2) is 3.02. The van der Waals surface area contributed by atoms with E-state index < -0.39 is 0 Å². The minimum absolute atomic E-state index is 0.169. The van der Waals surface area contributed by atoms with Crippen molar-refractivity contribution in [2.24, 2.45) is 16.7 Å². The molecule has 0 unspecified atom stereocenters. The predicted molar refractivity (Wildman–Crippen MR) is 64.9 cm³/mol. The van der Waals surface area contributed by atoms with Gasteiger partial charge in [0.05, 0.1) is 5.60 Å². The van der Waals surface area contributed by atoms with Gasteiger partial charge in [-0.05, 0) is 48.9 Å². The molecule has 3 fully saturated rings. The first-order valence-electron chi connectivity index (χ1n) is 6.79. The molecule has 1 spiro atoms. The van der Waals surface area contributed by atoms with Crippen molar-refractivity contribution >= 4 is 0 Å². The quantitative estimate of drug-likeness (QED) is 0.680. The van der Waals surface area contributed by atoms with Gasteiger partial charge in [-0.3, -0.25) is 4.84 Å². The number of hydroxylamine groups is 1. The lowest BCUT2D eigenvalue weighted by Crippen LogP contribution is -2.54. The van der Waals surface area contributed by atoms with Gasteiger partial charge in [0.25, 0.3) is 0 Å². The van der Waals surface area contributed by atoms with Crippen LogP contribution in [-0.2, 0) is 4.84 Å². The zero-order chi connectivity index (χ0) is 11.6. The molecule has 0 aromatic heterocycles. The van der Waals surface area contributed by atoms with Gasteiger partial charge >= 0.3 is 0 Å². The van der Waals surface area contributed by atoms with Gasteiger partial charge in [-0.15, -0.1) is 0 Å². The molecule has 16 heavy (non-hydrogen) atoms. The molecule has 1 N–H and O–H groups in total. The third-order valence-corrected chi connectivity index (χ3v) is 5.63. The number of fused-ring (bicyclic) bond motifs is 1. The Morgan fingerprint density at radius 1 is 1.00 bits per heavy atom. The molecule has 3 atom stereocenters. The number of hydrogen-bond acceptors (Lipinski definition) is 2.